The number of likely N-dealkylation sites (tertiary alicyclic amines) is 1. The topological polar surface area (TPSA) is 79.9 Å². The van der Waals surface area contributed by atoms with Crippen LogP contribution in [0.1, 0.15) is 12.8 Å². The Bertz CT molecular complexity index is 856. The van der Waals surface area contributed by atoms with E-state index in [9.17, 15) is 9.59 Å². The highest BCUT2D eigenvalue weighted by Gasteiger charge is 2.28. The van der Waals surface area contributed by atoms with Crippen LogP contribution in [0.15, 0.2) is 48.5 Å². The van der Waals surface area contributed by atoms with Crippen LogP contribution in [0.4, 0.5) is 16.2 Å². The van der Waals surface area contributed by atoms with E-state index in [0.717, 1.165) is 18.5 Å². The molecule has 28 heavy (non-hydrogen) atoms. The first-order chi connectivity index (χ1) is 13.7. The van der Waals surface area contributed by atoms with E-state index in [-0.39, 0.29) is 17.9 Å². The van der Waals surface area contributed by atoms with E-state index >= 15 is 0 Å². The zero-order valence-electron chi connectivity index (χ0n) is 15.5. The van der Waals surface area contributed by atoms with Crippen LogP contribution in [0.5, 0.6) is 11.5 Å². The Morgan fingerprint density at radius 1 is 0.929 bits per heavy atom. The van der Waals surface area contributed by atoms with Gasteiger partial charge in [-0.1, -0.05) is 18.2 Å². The van der Waals surface area contributed by atoms with Crippen LogP contribution in [-0.2, 0) is 4.79 Å². The third-order valence-corrected chi connectivity index (χ3v) is 4.91. The predicted octanol–water partition coefficient (Wildman–Crippen LogP) is 3.34. The Morgan fingerprint density at radius 3 is 2.54 bits per heavy atom. The molecule has 2 aromatic rings. The van der Waals surface area contributed by atoms with E-state index in [1.807, 2.05) is 30.3 Å². The molecule has 0 saturated carbocycles. The molecule has 4 rings (SSSR count). The number of hydrogen-bond donors (Lipinski definition) is 2. The van der Waals surface area contributed by atoms with Crippen molar-refractivity contribution in [2.24, 2.45) is 5.92 Å². The van der Waals surface area contributed by atoms with Crippen LogP contribution in [0.2, 0.25) is 0 Å². The van der Waals surface area contributed by atoms with Gasteiger partial charge < -0.3 is 25.0 Å². The van der Waals surface area contributed by atoms with Crippen LogP contribution >= 0.6 is 0 Å². The molecule has 2 N–H and O–H groups in total. The van der Waals surface area contributed by atoms with Crippen LogP contribution in [0.3, 0.4) is 0 Å². The van der Waals surface area contributed by atoms with Crippen molar-refractivity contribution in [1.82, 2.24) is 4.90 Å². The number of piperidine rings is 1. The number of benzene rings is 2. The normalized spacial score (nSPS) is 18.3. The maximum absolute atomic E-state index is 12.7. The number of fused-ring (bicyclic) bond motifs is 1. The monoisotopic (exact) mass is 381 g/mol. The van der Waals surface area contributed by atoms with Crippen LogP contribution < -0.4 is 20.1 Å². The number of nitrogens with one attached hydrogen (secondary N) is 2. The number of urea groups is 1. The fourth-order valence-electron chi connectivity index (χ4n) is 3.47. The van der Waals surface area contributed by atoms with E-state index in [0.29, 0.717) is 43.5 Å². The summed E-state index contributed by atoms with van der Waals surface area (Å²) in [6.45, 7) is 2.07. The molecular weight excluding hydrogens is 358 g/mol. The minimum Gasteiger partial charge on any atom is -0.486 e. The molecule has 0 aromatic heterocycles. The van der Waals surface area contributed by atoms with Gasteiger partial charge in [-0.05, 0) is 37.1 Å². The summed E-state index contributed by atoms with van der Waals surface area (Å²) in [5.41, 5.74) is 1.41. The number of para-hydroxylation sites is 1. The highest BCUT2D eigenvalue weighted by molar-refractivity contribution is 5.94. The van der Waals surface area contributed by atoms with Gasteiger partial charge in [-0.3, -0.25) is 4.79 Å². The van der Waals surface area contributed by atoms with E-state index < -0.39 is 0 Å². The number of hydrogen-bond acceptors (Lipinski definition) is 4. The Balaban J connectivity index is 1.36. The SMILES string of the molecule is O=C(Nc1ccc2c(c1)OCCO2)[C@@H]1CCCN(C(=O)Nc2ccccc2)C1. The molecule has 0 spiro atoms. The lowest BCUT2D eigenvalue weighted by Crippen LogP contribution is -2.45. The van der Waals surface area contributed by atoms with Crippen LogP contribution in [-0.4, -0.2) is 43.1 Å². The van der Waals surface area contributed by atoms with Gasteiger partial charge in [0, 0.05) is 30.5 Å². The standard InChI is InChI=1S/C21H23N3O4/c25-20(22-17-8-9-18-19(13-17)28-12-11-27-18)15-5-4-10-24(14-15)21(26)23-16-6-2-1-3-7-16/h1-3,6-9,13,15H,4-5,10-12,14H2,(H,22,25)(H,23,26)/t15-/m1/s1. The molecule has 0 aliphatic carbocycles. The van der Waals surface area contributed by atoms with Crippen molar-refractivity contribution in [2.45, 2.75) is 12.8 Å². The second-order valence-electron chi connectivity index (χ2n) is 6.93. The van der Waals surface area contributed by atoms with E-state index in [2.05, 4.69) is 10.6 Å². The molecule has 0 unspecified atom stereocenters. The molecule has 2 aliphatic heterocycles. The lowest BCUT2D eigenvalue weighted by molar-refractivity contribution is -0.121. The summed E-state index contributed by atoms with van der Waals surface area (Å²) in [5.74, 6) is 0.986. The molecule has 7 nitrogen and oxygen atoms in total. The third kappa shape index (κ3) is 4.19. The smallest absolute Gasteiger partial charge is 0.321 e. The molecule has 2 aliphatic rings. The fraction of sp³-hybridized carbons (Fsp3) is 0.333. The number of rotatable bonds is 3. The first kappa shape index (κ1) is 18.2. The van der Waals surface area contributed by atoms with Gasteiger partial charge in [0.1, 0.15) is 13.2 Å². The van der Waals surface area contributed by atoms with Gasteiger partial charge in [0.15, 0.2) is 11.5 Å². The van der Waals surface area contributed by atoms with Crippen LogP contribution in [0.25, 0.3) is 0 Å². The summed E-state index contributed by atoms with van der Waals surface area (Å²) in [4.78, 5) is 26.9. The Hall–Kier alpha value is -3.22. The molecular formula is C21H23N3O4. The van der Waals surface area contributed by atoms with Gasteiger partial charge in [-0.15, -0.1) is 0 Å². The van der Waals surface area contributed by atoms with Gasteiger partial charge in [0.25, 0.3) is 0 Å². The van der Waals surface area contributed by atoms with Crippen molar-refractivity contribution in [3.05, 3.63) is 48.5 Å². The molecule has 1 atom stereocenters. The number of anilines is 2. The number of nitrogens with zero attached hydrogens (tertiary/aromatic N) is 1. The molecule has 146 valence electrons. The van der Waals surface area contributed by atoms with Gasteiger partial charge >= 0.3 is 6.03 Å². The van der Waals surface area contributed by atoms with Crippen molar-refractivity contribution in [3.63, 3.8) is 0 Å². The molecule has 3 amide bonds. The molecule has 2 heterocycles. The average Bonchev–Trinajstić information content (AvgIpc) is 2.74. The summed E-state index contributed by atoms with van der Waals surface area (Å²) in [6.07, 6.45) is 1.55. The van der Waals surface area contributed by atoms with Crippen molar-refractivity contribution in [3.8, 4) is 11.5 Å². The Morgan fingerprint density at radius 2 is 1.71 bits per heavy atom. The minimum absolute atomic E-state index is 0.0890. The lowest BCUT2D eigenvalue weighted by atomic mass is 9.97. The van der Waals surface area contributed by atoms with Crippen molar-refractivity contribution in [1.29, 1.82) is 0 Å². The number of ether oxygens (including phenoxy) is 2. The maximum atomic E-state index is 12.7. The van der Waals surface area contributed by atoms with E-state index in [1.165, 1.54) is 0 Å². The number of amides is 3. The van der Waals surface area contributed by atoms with Crippen molar-refractivity contribution in [2.75, 3.05) is 36.9 Å². The highest BCUT2D eigenvalue weighted by atomic mass is 16.6. The largest absolute Gasteiger partial charge is 0.486 e. The molecule has 1 fully saturated rings. The predicted molar refractivity (Wildman–Crippen MR) is 106 cm³/mol. The third-order valence-electron chi connectivity index (χ3n) is 4.91. The first-order valence-electron chi connectivity index (χ1n) is 9.50. The van der Waals surface area contributed by atoms with Crippen LogP contribution in [0, 0.1) is 5.92 Å². The maximum Gasteiger partial charge on any atom is 0.321 e. The summed E-state index contributed by atoms with van der Waals surface area (Å²) in [7, 11) is 0. The lowest BCUT2D eigenvalue weighted by Gasteiger charge is -2.32. The van der Waals surface area contributed by atoms with Crippen molar-refractivity contribution < 1.29 is 19.1 Å². The summed E-state index contributed by atoms with van der Waals surface area (Å²) < 4.78 is 11.1. The van der Waals surface area contributed by atoms with E-state index in [4.69, 9.17) is 9.47 Å². The fourth-order valence-corrected chi connectivity index (χ4v) is 3.47. The zero-order valence-corrected chi connectivity index (χ0v) is 15.5. The minimum atomic E-state index is -0.247. The molecule has 0 bridgehead atoms. The number of carbonyl (C=O) groups is 2. The molecule has 7 heteroatoms. The summed E-state index contributed by atoms with van der Waals surface area (Å²) in [5, 5.41) is 5.82. The Kier molecular flexibility index (Phi) is 5.32. The first-order valence-corrected chi connectivity index (χ1v) is 9.50. The molecule has 2 aromatic carbocycles. The van der Waals surface area contributed by atoms with Gasteiger partial charge in [0.05, 0.1) is 5.92 Å². The quantitative estimate of drug-likeness (QED) is 0.855. The summed E-state index contributed by atoms with van der Waals surface area (Å²) >= 11 is 0. The zero-order chi connectivity index (χ0) is 19.3. The van der Waals surface area contributed by atoms with Gasteiger partial charge in [-0.2, -0.15) is 0 Å². The second-order valence-corrected chi connectivity index (χ2v) is 6.93. The summed E-state index contributed by atoms with van der Waals surface area (Å²) in [6, 6.07) is 14.5. The van der Waals surface area contributed by atoms with Gasteiger partial charge in [-0.25, -0.2) is 4.79 Å². The molecule has 1 saturated heterocycles. The molecule has 0 radical (unpaired) electrons. The van der Waals surface area contributed by atoms with Gasteiger partial charge in [0.2, 0.25) is 5.91 Å². The average molecular weight is 381 g/mol. The van der Waals surface area contributed by atoms with E-state index in [1.54, 1.807) is 23.1 Å². The Labute approximate surface area is 163 Å². The number of carbonyl (C=O) groups excluding carboxylic acids is 2. The second kappa shape index (κ2) is 8.21. The highest BCUT2D eigenvalue weighted by Crippen LogP contribution is 2.33. The van der Waals surface area contributed by atoms with Crippen molar-refractivity contribution >= 4 is 23.3 Å².